The van der Waals surface area contributed by atoms with Gasteiger partial charge in [0.2, 0.25) is 0 Å². The van der Waals surface area contributed by atoms with Gasteiger partial charge < -0.3 is 0 Å². The van der Waals surface area contributed by atoms with Gasteiger partial charge in [0.1, 0.15) is 0 Å². The van der Waals surface area contributed by atoms with Crippen molar-refractivity contribution < 1.29 is 0 Å². The minimum atomic E-state index is 0.605. The molecule has 1 unspecified atom stereocenters. The lowest BCUT2D eigenvalue weighted by molar-refractivity contribution is 0.487. The fourth-order valence-corrected chi connectivity index (χ4v) is 2.05. The van der Waals surface area contributed by atoms with Crippen molar-refractivity contribution in [3.8, 4) is 0 Å². The van der Waals surface area contributed by atoms with Gasteiger partial charge in [0.05, 0.1) is 0 Å². The van der Waals surface area contributed by atoms with Crippen LogP contribution in [-0.2, 0) is 0 Å². The zero-order valence-corrected chi connectivity index (χ0v) is 10.0. The van der Waals surface area contributed by atoms with E-state index in [0.717, 1.165) is 12.3 Å². The molecule has 78 valence electrons. The summed E-state index contributed by atoms with van der Waals surface area (Å²) in [6, 6.07) is 8.82. The fraction of sp³-hybridized carbons (Fsp3) is 0.538. The van der Waals surface area contributed by atoms with Crippen LogP contribution in [0, 0.1) is 12.8 Å². The Morgan fingerprint density at radius 3 is 2.14 bits per heavy atom. The van der Waals surface area contributed by atoms with Crippen LogP contribution in [0.2, 0.25) is 0 Å². The van der Waals surface area contributed by atoms with Crippen molar-refractivity contribution in [2.45, 2.75) is 33.1 Å². The zero-order valence-electron chi connectivity index (χ0n) is 9.26. The average molecular weight is 211 g/mol. The van der Waals surface area contributed by atoms with E-state index in [2.05, 4.69) is 45.0 Å². The summed E-state index contributed by atoms with van der Waals surface area (Å²) in [5.41, 5.74) is 2.74. The molecule has 0 bridgehead atoms. The number of aryl methyl sites for hydroxylation is 1. The van der Waals surface area contributed by atoms with Gasteiger partial charge in [0, 0.05) is 5.88 Å². The van der Waals surface area contributed by atoms with Crippen LogP contribution in [0.3, 0.4) is 0 Å². The van der Waals surface area contributed by atoms with E-state index < -0.39 is 0 Å². The van der Waals surface area contributed by atoms with Gasteiger partial charge in [0.15, 0.2) is 0 Å². The summed E-state index contributed by atoms with van der Waals surface area (Å²) < 4.78 is 0. The van der Waals surface area contributed by atoms with E-state index >= 15 is 0 Å². The van der Waals surface area contributed by atoms with Crippen molar-refractivity contribution in [1.29, 1.82) is 0 Å². The zero-order chi connectivity index (χ0) is 10.6. The number of hydrogen-bond donors (Lipinski definition) is 0. The Bertz CT molecular complexity index is 261. The molecule has 1 aromatic carbocycles. The number of hydrogen-bond acceptors (Lipinski definition) is 0. The van der Waals surface area contributed by atoms with Crippen LogP contribution in [0.1, 0.15) is 37.3 Å². The molecule has 1 rings (SSSR count). The lowest BCUT2D eigenvalue weighted by Gasteiger charge is -2.20. The van der Waals surface area contributed by atoms with E-state index in [-0.39, 0.29) is 0 Å². The van der Waals surface area contributed by atoms with Gasteiger partial charge in [-0.25, -0.2) is 0 Å². The van der Waals surface area contributed by atoms with Crippen molar-refractivity contribution in [2.75, 3.05) is 5.88 Å². The fourth-order valence-electron chi connectivity index (χ4n) is 1.82. The number of halogens is 1. The lowest BCUT2D eigenvalue weighted by atomic mass is 9.86. The highest BCUT2D eigenvalue weighted by molar-refractivity contribution is 6.17. The minimum Gasteiger partial charge on any atom is -0.127 e. The third kappa shape index (κ3) is 3.02. The van der Waals surface area contributed by atoms with Crippen molar-refractivity contribution in [3.05, 3.63) is 35.4 Å². The molecule has 0 saturated heterocycles. The van der Waals surface area contributed by atoms with Crippen molar-refractivity contribution in [3.63, 3.8) is 0 Å². The third-order valence-electron chi connectivity index (χ3n) is 2.73. The topological polar surface area (TPSA) is 0 Å². The molecule has 0 spiro atoms. The molecule has 0 fully saturated rings. The summed E-state index contributed by atoms with van der Waals surface area (Å²) in [5, 5.41) is 0. The molecule has 14 heavy (non-hydrogen) atoms. The molecule has 0 radical (unpaired) electrons. The minimum absolute atomic E-state index is 0.605. The van der Waals surface area contributed by atoms with E-state index in [1.165, 1.54) is 11.1 Å². The summed E-state index contributed by atoms with van der Waals surface area (Å²) in [7, 11) is 0. The first kappa shape index (κ1) is 11.6. The molecule has 1 atom stereocenters. The maximum Gasteiger partial charge on any atom is 0.0229 e. The molecule has 0 aliphatic heterocycles. The van der Waals surface area contributed by atoms with Crippen LogP contribution in [-0.4, -0.2) is 5.88 Å². The Hall–Kier alpha value is -0.490. The smallest absolute Gasteiger partial charge is 0.0229 e. The van der Waals surface area contributed by atoms with E-state index in [1.54, 1.807) is 0 Å². The van der Waals surface area contributed by atoms with Crippen LogP contribution in [0.4, 0.5) is 0 Å². The molecular formula is C13H19Cl. The van der Waals surface area contributed by atoms with E-state index in [4.69, 9.17) is 11.6 Å². The normalized spacial score (nSPS) is 13.2. The summed E-state index contributed by atoms with van der Waals surface area (Å²) in [4.78, 5) is 0. The van der Waals surface area contributed by atoms with Gasteiger partial charge in [-0.2, -0.15) is 0 Å². The highest BCUT2D eigenvalue weighted by Gasteiger charge is 2.14. The third-order valence-corrected chi connectivity index (χ3v) is 2.95. The predicted molar refractivity (Wildman–Crippen MR) is 64.1 cm³/mol. The van der Waals surface area contributed by atoms with Crippen molar-refractivity contribution in [2.24, 2.45) is 5.92 Å². The largest absolute Gasteiger partial charge is 0.127 e. The molecule has 0 saturated carbocycles. The number of alkyl halides is 1. The van der Waals surface area contributed by atoms with Gasteiger partial charge in [-0.05, 0) is 30.7 Å². The van der Waals surface area contributed by atoms with Crippen LogP contribution < -0.4 is 0 Å². The molecule has 0 N–H and O–H groups in total. The highest BCUT2D eigenvalue weighted by Crippen LogP contribution is 2.28. The number of rotatable bonds is 4. The van der Waals surface area contributed by atoms with Crippen LogP contribution in [0.25, 0.3) is 0 Å². The first-order valence-corrected chi connectivity index (χ1v) is 5.81. The van der Waals surface area contributed by atoms with Gasteiger partial charge in [-0.15, -0.1) is 11.6 Å². The molecule has 0 amide bonds. The second-order valence-corrected chi connectivity index (χ2v) is 4.62. The number of benzene rings is 1. The Balaban J connectivity index is 2.82. The highest BCUT2D eigenvalue weighted by atomic mass is 35.5. The summed E-state index contributed by atoms with van der Waals surface area (Å²) >= 11 is 5.82. The molecule has 0 nitrogen and oxygen atoms in total. The molecule has 0 aliphatic rings. The quantitative estimate of drug-likeness (QED) is 0.648. The summed E-state index contributed by atoms with van der Waals surface area (Å²) in [6.07, 6.45) is 1.07. The average Bonchev–Trinajstić information content (AvgIpc) is 2.15. The monoisotopic (exact) mass is 210 g/mol. The van der Waals surface area contributed by atoms with Crippen molar-refractivity contribution >= 4 is 11.6 Å². The maximum absolute atomic E-state index is 5.82. The molecule has 1 heteroatoms. The molecule has 0 heterocycles. The maximum atomic E-state index is 5.82. The first-order valence-electron chi connectivity index (χ1n) is 5.27. The molecule has 0 aromatic heterocycles. The first-order chi connectivity index (χ1) is 6.65. The molecule has 1 aromatic rings. The van der Waals surface area contributed by atoms with Crippen molar-refractivity contribution in [1.82, 2.24) is 0 Å². The second-order valence-electron chi connectivity index (χ2n) is 4.24. The summed E-state index contributed by atoms with van der Waals surface area (Å²) in [6.45, 7) is 6.64. The summed E-state index contributed by atoms with van der Waals surface area (Å²) in [5.74, 6) is 2.01. The second kappa shape index (κ2) is 5.41. The van der Waals surface area contributed by atoms with Gasteiger partial charge in [-0.3, -0.25) is 0 Å². The standard InChI is InChI=1S/C13H19Cl/c1-10(2)13(8-9-14)12-6-4-11(3)5-7-12/h4-7,10,13H,8-9H2,1-3H3. The van der Waals surface area contributed by atoms with Crippen LogP contribution in [0.15, 0.2) is 24.3 Å². The Morgan fingerprint density at radius 1 is 1.14 bits per heavy atom. The van der Waals surface area contributed by atoms with Gasteiger partial charge >= 0.3 is 0 Å². The Labute approximate surface area is 92.3 Å². The Morgan fingerprint density at radius 2 is 1.71 bits per heavy atom. The van der Waals surface area contributed by atoms with E-state index in [0.29, 0.717) is 11.8 Å². The Kier molecular flexibility index (Phi) is 4.47. The SMILES string of the molecule is Cc1ccc(C(CCCl)C(C)C)cc1. The van der Waals surface area contributed by atoms with Gasteiger partial charge in [-0.1, -0.05) is 43.7 Å². The van der Waals surface area contributed by atoms with E-state index in [1.807, 2.05) is 0 Å². The predicted octanol–water partition coefficient (Wildman–Crippen LogP) is 4.36. The molecule has 0 aliphatic carbocycles. The van der Waals surface area contributed by atoms with Gasteiger partial charge in [0.25, 0.3) is 0 Å². The lowest BCUT2D eigenvalue weighted by Crippen LogP contribution is -2.07. The van der Waals surface area contributed by atoms with Crippen LogP contribution >= 0.6 is 11.6 Å². The van der Waals surface area contributed by atoms with E-state index in [9.17, 15) is 0 Å². The van der Waals surface area contributed by atoms with Crippen LogP contribution in [0.5, 0.6) is 0 Å². The molecular weight excluding hydrogens is 192 g/mol.